The number of nitrogens with zero attached hydrogens (tertiary/aromatic N) is 2. The molecule has 0 radical (unpaired) electrons. The van der Waals surface area contributed by atoms with Crippen LogP contribution in [0.1, 0.15) is 25.7 Å². The molecule has 0 bridgehead atoms. The van der Waals surface area contributed by atoms with E-state index in [-0.39, 0.29) is 16.8 Å². The molecule has 0 spiro atoms. The number of amides is 1. The SMILES string of the molecule is CC(C)C(C(N)=O)n1c(CCl)nc2cc(Cl)c(F)cc21. The molecule has 0 saturated heterocycles. The smallest absolute Gasteiger partial charge is 0.240 e. The van der Waals surface area contributed by atoms with Gasteiger partial charge in [0.25, 0.3) is 0 Å². The van der Waals surface area contributed by atoms with Gasteiger partial charge in [0.05, 0.1) is 21.9 Å². The van der Waals surface area contributed by atoms with Crippen molar-refractivity contribution in [1.82, 2.24) is 9.55 Å². The van der Waals surface area contributed by atoms with Gasteiger partial charge in [-0.15, -0.1) is 11.6 Å². The van der Waals surface area contributed by atoms with Crippen LogP contribution in [0.15, 0.2) is 12.1 Å². The monoisotopic (exact) mass is 317 g/mol. The number of primary amides is 1. The predicted octanol–water partition coefficient (Wildman–Crippen LogP) is 3.25. The Hall–Kier alpha value is -1.33. The number of halogens is 3. The van der Waals surface area contributed by atoms with Gasteiger partial charge in [-0.05, 0) is 12.0 Å². The molecule has 2 N–H and O–H groups in total. The van der Waals surface area contributed by atoms with Crippen LogP contribution in [0.2, 0.25) is 5.02 Å². The third-order valence-corrected chi connectivity index (χ3v) is 3.65. The Balaban J connectivity index is 2.78. The first-order valence-corrected chi connectivity index (χ1v) is 6.99. The van der Waals surface area contributed by atoms with Crippen molar-refractivity contribution < 1.29 is 9.18 Å². The van der Waals surface area contributed by atoms with Crippen LogP contribution in [0, 0.1) is 11.7 Å². The molecule has 1 aromatic heterocycles. The van der Waals surface area contributed by atoms with Crippen LogP contribution in [-0.2, 0) is 10.7 Å². The molecule has 1 amide bonds. The molecular formula is C13H14Cl2FN3O. The number of nitrogens with two attached hydrogens (primary N) is 1. The van der Waals surface area contributed by atoms with E-state index in [0.29, 0.717) is 16.9 Å². The Kier molecular flexibility index (Phi) is 4.20. The van der Waals surface area contributed by atoms with Crippen molar-refractivity contribution >= 4 is 40.1 Å². The number of hydrogen-bond donors (Lipinski definition) is 1. The summed E-state index contributed by atoms with van der Waals surface area (Å²) < 4.78 is 15.3. The highest BCUT2D eigenvalue weighted by Crippen LogP contribution is 2.30. The van der Waals surface area contributed by atoms with Gasteiger partial charge < -0.3 is 10.3 Å². The molecule has 1 aromatic carbocycles. The summed E-state index contributed by atoms with van der Waals surface area (Å²) in [6, 6.07) is 2.02. The molecule has 1 unspecified atom stereocenters. The van der Waals surface area contributed by atoms with Gasteiger partial charge in [0.2, 0.25) is 5.91 Å². The van der Waals surface area contributed by atoms with E-state index in [2.05, 4.69) is 4.98 Å². The second-order valence-corrected chi connectivity index (χ2v) is 5.55. The van der Waals surface area contributed by atoms with Crippen molar-refractivity contribution in [3.05, 3.63) is 28.8 Å². The fraction of sp³-hybridized carbons (Fsp3) is 0.385. The van der Waals surface area contributed by atoms with Gasteiger partial charge in [0.15, 0.2) is 0 Å². The summed E-state index contributed by atoms with van der Waals surface area (Å²) in [5.41, 5.74) is 6.40. The summed E-state index contributed by atoms with van der Waals surface area (Å²) in [6.45, 7) is 3.71. The van der Waals surface area contributed by atoms with E-state index in [1.165, 1.54) is 12.1 Å². The van der Waals surface area contributed by atoms with E-state index < -0.39 is 17.8 Å². The second-order valence-electron chi connectivity index (χ2n) is 4.88. The molecule has 0 aliphatic carbocycles. The minimum Gasteiger partial charge on any atom is -0.368 e. The Morgan fingerprint density at radius 1 is 1.50 bits per heavy atom. The van der Waals surface area contributed by atoms with E-state index >= 15 is 0 Å². The standard InChI is InChI=1S/C13H14Cl2FN3O/c1-6(2)12(13(17)20)19-10-4-8(16)7(15)3-9(10)18-11(19)5-14/h3-4,6,12H,5H2,1-2H3,(H2,17,20). The third kappa shape index (κ3) is 2.47. The Morgan fingerprint density at radius 2 is 2.15 bits per heavy atom. The molecule has 0 aliphatic rings. The van der Waals surface area contributed by atoms with Crippen molar-refractivity contribution in [3.8, 4) is 0 Å². The number of alkyl halides is 1. The van der Waals surface area contributed by atoms with Crippen molar-refractivity contribution in [2.75, 3.05) is 0 Å². The number of benzene rings is 1. The number of carbonyl (C=O) groups excluding carboxylic acids is 1. The average molecular weight is 318 g/mol. The molecule has 0 aliphatic heterocycles. The van der Waals surface area contributed by atoms with Crippen molar-refractivity contribution in [3.63, 3.8) is 0 Å². The lowest BCUT2D eigenvalue weighted by atomic mass is 10.0. The van der Waals surface area contributed by atoms with Crippen LogP contribution in [0.25, 0.3) is 11.0 Å². The lowest BCUT2D eigenvalue weighted by Crippen LogP contribution is -2.31. The molecule has 4 nitrogen and oxygen atoms in total. The van der Waals surface area contributed by atoms with Crippen molar-refractivity contribution in [2.24, 2.45) is 11.7 Å². The maximum absolute atomic E-state index is 13.7. The topological polar surface area (TPSA) is 60.9 Å². The van der Waals surface area contributed by atoms with Crippen LogP contribution in [0.4, 0.5) is 4.39 Å². The lowest BCUT2D eigenvalue weighted by Gasteiger charge is -2.21. The highest BCUT2D eigenvalue weighted by Gasteiger charge is 2.26. The summed E-state index contributed by atoms with van der Waals surface area (Å²) in [6.07, 6.45) is 0. The number of aromatic nitrogens is 2. The summed E-state index contributed by atoms with van der Waals surface area (Å²) in [4.78, 5) is 16.0. The molecule has 1 atom stereocenters. The zero-order valence-electron chi connectivity index (χ0n) is 11.0. The molecule has 2 rings (SSSR count). The third-order valence-electron chi connectivity index (χ3n) is 3.13. The molecule has 0 fully saturated rings. The summed E-state index contributed by atoms with van der Waals surface area (Å²) in [5, 5.41) is -0.0246. The van der Waals surface area contributed by atoms with E-state index in [0.717, 1.165) is 0 Å². The van der Waals surface area contributed by atoms with Gasteiger partial charge in [-0.1, -0.05) is 25.4 Å². The van der Waals surface area contributed by atoms with Gasteiger partial charge in [-0.25, -0.2) is 9.37 Å². The normalized spacial score (nSPS) is 13.1. The molecule has 7 heteroatoms. The van der Waals surface area contributed by atoms with Gasteiger partial charge >= 0.3 is 0 Å². The second kappa shape index (κ2) is 5.58. The molecule has 108 valence electrons. The summed E-state index contributed by atoms with van der Waals surface area (Å²) >= 11 is 11.6. The van der Waals surface area contributed by atoms with E-state index in [9.17, 15) is 9.18 Å². The van der Waals surface area contributed by atoms with Crippen LogP contribution >= 0.6 is 23.2 Å². The first kappa shape index (κ1) is 15.1. The van der Waals surface area contributed by atoms with Gasteiger partial charge in [0.1, 0.15) is 17.7 Å². The first-order valence-electron chi connectivity index (χ1n) is 6.08. The lowest BCUT2D eigenvalue weighted by molar-refractivity contribution is -0.122. The quantitative estimate of drug-likeness (QED) is 0.880. The molecule has 2 aromatic rings. The fourth-order valence-corrected chi connectivity index (χ4v) is 2.65. The Morgan fingerprint density at radius 3 is 2.65 bits per heavy atom. The van der Waals surface area contributed by atoms with Crippen molar-refractivity contribution in [1.29, 1.82) is 0 Å². The van der Waals surface area contributed by atoms with Gasteiger partial charge in [0, 0.05) is 6.07 Å². The number of carbonyl (C=O) groups is 1. The molecule has 1 heterocycles. The number of hydrogen-bond acceptors (Lipinski definition) is 2. The predicted molar refractivity (Wildman–Crippen MR) is 77.3 cm³/mol. The zero-order chi connectivity index (χ0) is 15.0. The van der Waals surface area contributed by atoms with Gasteiger partial charge in [-0.2, -0.15) is 0 Å². The Labute approximate surface area is 125 Å². The van der Waals surface area contributed by atoms with E-state index in [1.54, 1.807) is 4.57 Å². The van der Waals surface area contributed by atoms with Crippen LogP contribution in [0.3, 0.4) is 0 Å². The number of rotatable bonds is 4. The number of imidazole rings is 1. The van der Waals surface area contributed by atoms with Crippen LogP contribution in [0.5, 0.6) is 0 Å². The van der Waals surface area contributed by atoms with E-state index in [1.807, 2.05) is 13.8 Å². The molecule has 0 saturated carbocycles. The fourth-order valence-electron chi connectivity index (χ4n) is 2.30. The first-order chi connectivity index (χ1) is 9.36. The molecule has 20 heavy (non-hydrogen) atoms. The van der Waals surface area contributed by atoms with Crippen LogP contribution < -0.4 is 5.73 Å². The minimum absolute atomic E-state index is 0.0246. The highest BCUT2D eigenvalue weighted by molar-refractivity contribution is 6.31. The zero-order valence-corrected chi connectivity index (χ0v) is 12.5. The number of fused-ring (bicyclic) bond motifs is 1. The Bertz CT molecular complexity index is 669. The molecular weight excluding hydrogens is 304 g/mol. The largest absolute Gasteiger partial charge is 0.368 e. The highest BCUT2D eigenvalue weighted by atomic mass is 35.5. The summed E-state index contributed by atoms with van der Waals surface area (Å²) in [5.74, 6) is -0.620. The maximum atomic E-state index is 13.7. The minimum atomic E-state index is -0.644. The van der Waals surface area contributed by atoms with Crippen LogP contribution in [-0.4, -0.2) is 15.5 Å². The van der Waals surface area contributed by atoms with Crippen molar-refractivity contribution in [2.45, 2.75) is 25.8 Å². The summed E-state index contributed by atoms with van der Waals surface area (Å²) in [7, 11) is 0. The average Bonchev–Trinajstić information content (AvgIpc) is 2.67. The maximum Gasteiger partial charge on any atom is 0.240 e. The van der Waals surface area contributed by atoms with E-state index in [4.69, 9.17) is 28.9 Å². The van der Waals surface area contributed by atoms with Gasteiger partial charge in [-0.3, -0.25) is 4.79 Å².